The minimum atomic E-state index is -4.10. The van der Waals surface area contributed by atoms with E-state index in [1.54, 1.807) is 43.5 Å². The van der Waals surface area contributed by atoms with Crippen LogP contribution in [0, 0.1) is 13.8 Å². The van der Waals surface area contributed by atoms with Gasteiger partial charge in [0, 0.05) is 13.1 Å². The van der Waals surface area contributed by atoms with Crippen LogP contribution in [-0.2, 0) is 26.2 Å². The molecule has 41 heavy (non-hydrogen) atoms. The summed E-state index contributed by atoms with van der Waals surface area (Å²) in [7, 11) is -2.54. The Hall–Kier alpha value is -3.85. The molecule has 3 aromatic carbocycles. The van der Waals surface area contributed by atoms with Crippen molar-refractivity contribution in [3.05, 3.63) is 89.5 Å². The molecule has 0 aliphatic rings. The van der Waals surface area contributed by atoms with E-state index in [-0.39, 0.29) is 17.3 Å². The third kappa shape index (κ3) is 8.10. The number of nitrogens with zero attached hydrogens (tertiary/aromatic N) is 2. The Morgan fingerprint density at radius 2 is 1.66 bits per heavy atom. The van der Waals surface area contributed by atoms with Crippen molar-refractivity contribution >= 4 is 27.5 Å². The Balaban J connectivity index is 2.05. The van der Waals surface area contributed by atoms with Crippen LogP contribution < -0.4 is 14.4 Å². The molecule has 1 N–H and O–H groups in total. The second kappa shape index (κ2) is 14.7. The second-order valence-corrected chi connectivity index (χ2v) is 11.9. The van der Waals surface area contributed by atoms with Crippen LogP contribution in [0.3, 0.4) is 0 Å². The lowest BCUT2D eigenvalue weighted by Crippen LogP contribution is -2.52. The van der Waals surface area contributed by atoms with Gasteiger partial charge in [-0.1, -0.05) is 56.7 Å². The maximum Gasteiger partial charge on any atom is 0.264 e. The summed E-state index contributed by atoms with van der Waals surface area (Å²) in [5.74, 6) is -0.123. The van der Waals surface area contributed by atoms with Gasteiger partial charge in [-0.3, -0.25) is 13.9 Å². The lowest BCUT2D eigenvalue weighted by molar-refractivity contribution is -0.140. The molecule has 0 fully saturated rings. The molecule has 1 atom stereocenters. The number of benzene rings is 3. The van der Waals surface area contributed by atoms with E-state index in [1.165, 1.54) is 17.0 Å². The highest BCUT2D eigenvalue weighted by atomic mass is 32.2. The molecular weight excluding hydrogens is 538 g/mol. The van der Waals surface area contributed by atoms with Crippen LogP contribution >= 0.6 is 0 Å². The predicted molar refractivity (Wildman–Crippen MR) is 162 cm³/mol. The molecular formula is C32H41N3O5S. The molecule has 0 aliphatic carbocycles. The number of carbonyl (C=O) groups excluding carboxylic acids is 2. The predicted octanol–water partition coefficient (Wildman–Crippen LogP) is 5.23. The molecule has 0 unspecified atom stereocenters. The normalized spacial score (nSPS) is 11.9. The molecule has 0 radical (unpaired) electrons. The summed E-state index contributed by atoms with van der Waals surface area (Å²) in [5, 5.41) is 2.94. The number of methoxy groups -OCH3 is 1. The Kier molecular flexibility index (Phi) is 11.3. The number of aryl methyl sites for hydroxylation is 2. The van der Waals surface area contributed by atoms with Crippen molar-refractivity contribution in [2.75, 3.05) is 24.5 Å². The van der Waals surface area contributed by atoms with E-state index >= 15 is 0 Å². The highest BCUT2D eigenvalue weighted by Crippen LogP contribution is 2.27. The number of nitrogens with one attached hydrogen (secondary N) is 1. The topological polar surface area (TPSA) is 96.0 Å². The van der Waals surface area contributed by atoms with E-state index in [1.807, 2.05) is 52.0 Å². The highest BCUT2D eigenvalue weighted by Gasteiger charge is 2.33. The maximum absolute atomic E-state index is 14.2. The van der Waals surface area contributed by atoms with Gasteiger partial charge < -0.3 is 15.0 Å². The SMILES string of the molecule is CCCCNC(=O)[C@H](CC)N(Cc1cccc(OC)c1)C(=O)CN(c1ccc(C)c(C)c1)S(=O)(=O)c1ccccc1. The van der Waals surface area contributed by atoms with Crippen molar-refractivity contribution in [2.45, 2.75) is 64.4 Å². The van der Waals surface area contributed by atoms with Gasteiger partial charge in [-0.15, -0.1) is 0 Å². The van der Waals surface area contributed by atoms with E-state index in [4.69, 9.17) is 4.74 Å². The van der Waals surface area contributed by atoms with Crippen LogP contribution in [0.2, 0.25) is 0 Å². The Morgan fingerprint density at radius 3 is 2.29 bits per heavy atom. The van der Waals surface area contributed by atoms with Crippen LogP contribution in [0.4, 0.5) is 5.69 Å². The third-order valence-electron chi connectivity index (χ3n) is 7.09. The van der Waals surface area contributed by atoms with Crippen molar-refractivity contribution in [1.82, 2.24) is 10.2 Å². The average molecular weight is 580 g/mol. The van der Waals surface area contributed by atoms with Crippen molar-refractivity contribution < 1.29 is 22.7 Å². The van der Waals surface area contributed by atoms with Crippen molar-refractivity contribution in [1.29, 1.82) is 0 Å². The molecule has 220 valence electrons. The smallest absolute Gasteiger partial charge is 0.264 e. The summed E-state index contributed by atoms with van der Waals surface area (Å²) in [6.45, 7) is 7.87. The Labute approximate surface area is 244 Å². The summed E-state index contributed by atoms with van der Waals surface area (Å²) in [6, 6.07) is 19.9. The van der Waals surface area contributed by atoms with Crippen molar-refractivity contribution in [3.8, 4) is 5.75 Å². The second-order valence-electron chi connectivity index (χ2n) is 10.0. The number of sulfonamides is 1. The highest BCUT2D eigenvalue weighted by molar-refractivity contribution is 7.92. The molecule has 0 bridgehead atoms. The molecule has 0 saturated carbocycles. The molecule has 0 spiro atoms. The van der Waals surface area contributed by atoms with Crippen LogP contribution in [0.15, 0.2) is 77.7 Å². The molecule has 0 saturated heterocycles. The zero-order valence-corrected chi connectivity index (χ0v) is 25.4. The fraction of sp³-hybridized carbons (Fsp3) is 0.375. The zero-order chi connectivity index (χ0) is 30.0. The summed E-state index contributed by atoms with van der Waals surface area (Å²) in [4.78, 5) is 29.0. The van der Waals surface area contributed by atoms with Crippen LogP contribution in [0.25, 0.3) is 0 Å². The van der Waals surface area contributed by atoms with Gasteiger partial charge >= 0.3 is 0 Å². The monoisotopic (exact) mass is 579 g/mol. The summed E-state index contributed by atoms with van der Waals surface area (Å²) >= 11 is 0. The standard InChI is InChI=1S/C32H41N3O5S/c1-6-8-19-33-32(37)30(7-2)34(22-26-13-12-14-28(21-26)40-5)31(36)23-35(27-18-17-24(3)25(4)20-27)41(38,39)29-15-10-9-11-16-29/h9-18,20-21,30H,6-8,19,22-23H2,1-5H3,(H,33,37)/t30-/m0/s1. The van der Waals surface area contributed by atoms with Gasteiger partial charge in [0.25, 0.3) is 10.0 Å². The lowest BCUT2D eigenvalue weighted by Gasteiger charge is -2.33. The van der Waals surface area contributed by atoms with Gasteiger partial charge in [0.1, 0.15) is 18.3 Å². The molecule has 3 rings (SSSR count). The Morgan fingerprint density at radius 1 is 0.927 bits per heavy atom. The number of hydrogen-bond acceptors (Lipinski definition) is 5. The minimum Gasteiger partial charge on any atom is -0.497 e. The summed E-state index contributed by atoms with van der Waals surface area (Å²) in [6.07, 6.45) is 2.11. The third-order valence-corrected chi connectivity index (χ3v) is 8.88. The molecule has 9 heteroatoms. The number of carbonyl (C=O) groups is 2. The number of amides is 2. The summed E-state index contributed by atoms with van der Waals surface area (Å²) in [5.41, 5.74) is 3.05. The molecule has 0 aliphatic heterocycles. The fourth-order valence-corrected chi connectivity index (χ4v) is 5.95. The largest absolute Gasteiger partial charge is 0.497 e. The Bertz CT molecular complexity index is 1430. The zero-order valence-electron chi connectivity index (χ0n) is 24.6. The number of anilines is 1. The van der Waals surface area contributed by atoms with Gasteiger partial charge in [0.15, 0.2) is 0 Å². The molecule has 2 amide bonds. The number of ether oxygens (including phenoxy) is 1. The van der Waals surface area contributed by atoms with Gasteiger partial charge in [-0.25, -0.2) is 8.42 Å². The first kappa shape index (κ1) is 31.7. The summed E-state index contributed by atoms with van der Waals surface area (Å²) < 4.78 is 34.4. The average Bonchev–Trinajstić information content (AvgIpc) is 2.97. The first-order valence-corrected chi connectivity index (χ1v) is 15.4. The number of unbranched alkanes of at least 4 members (excludes halogenated alkanes) is 1. The van der Waals surface area contributed by atoms with E-state index < -0.39 is 28.5 Å². The first-order valence-electron chi connectivity index (χ1n) is 14.0. The maximum atomic E-state index is 14.2. The van der Waals surface area contributed by atoms with E-state index in [2.05, 4.69) is 5.32 Å². The molecule has 3 aromatic rings. The fourth-order valence-electron chi connectivity index (χ4n) is 4.52. The van der Waals surface area contributed by atoms with Crippen LogP contribution in [0.1, 0.15) is 49.8 Å². The molecule has 0 heterocycles. The van der Waals surface area contributed by atoms with Gasteiger partial charge in [0.05, 0.1) is 17.7 Å². The molecule has 0 aromatic heterocycles. The lowest BCUT2D eigenvalue weighted by atomic mass is 10.1. The molecule has 8 nitrogen and oxygen atoms in total. The quantitative estimate of drug-likeness (QED) is 0.264. The number of hydrogen-bond donors (Lipinski definition) is 1. The van der Waals surface area contributed by atoms with E-state index in [9.17, 15) is 18.0 Å². The van der Waals surface area contributed by atoms with Gasteiger partial charge in [0.2, 0.25) is 11.8 Å². The van der Waals surface area contributed by atoms with E-state index in [0.717, 1.165) is 33.8 Å². The van der Waals surface area contributed by atoms with Crippen LogP contribution in [0.5, 0.6) is 5.75 Å². The van der Waals surface area contributed by atoms with Gasteiger partial charge in [-0.05, 0) is 79.8 Å². The van der Waals surface area contributed by atoms with Crippen LogP contribution in [-0.4, -0.2) is 51.4 Å². The first-order chi connectivity index (χ1) is 19.6. The minimum absolute atomic E-state index is 0.0784. The van der Waals surface area contributed by atoms with E-state index in [0.29, 0.717) is 24.4 Å². The van der Waals surface area contributed by atoms with Crippen molar-refractivity contribution in [3.63, 3.8) is 0 Å². The number of rotatable bonds is 14. The van der Waals surface area contributed by atoms with Gasteiger partial charge in [-0.2, -0.15) is 0 Å². The van der Waals surface area contributed by atoms with Crippen molar-refractivity contribution in [2.24, 2.45) is 0 Å².